The Hall–Kier alpha value is -1.03. The van der Waals surface area contributed by atoms with E-state index in [1.165, 1.54) is 0 Å². The topological polar surface area (TPSA) is 60.7 Å². The van der Waals surface area contributed by atoms with Crippen LogP contribution in [0.5, 0.6) is 0 Å². The molecule has 0 saturated heterocycles. The zero-order valence-corrected chi connectivity index (χ0v) is 11.1. The third-order valence-corrected chi connectivity index (χ3v) is 2.97. The first-order valence-corrected chi connectivity index (χ1v) is 5.56. The number of hydrogen-bond donors (Lipinski definition) is 3. The van der Waals surface area contributed by atoms with Gasteiger partial charge in [-0.05, 0) is 0 Å². The van der Waals surface area contributed by atoms with Crippen LogP contribution in [-0.2, 0) is 0 Å². The van der Waals surface area contributed by atoms with Crippen LogP contribution >= 0.6 is 0 Å². The highest BCUT2D eigenvalue weighted by Crippen LogP contribution is 2.51. The summed E-state index contributed by atoms with van der Waals surface area (Å²) in [6, 6.07) is 0. The van der Waals surface area contributed by atoms with Gasteiger partial charge in [0.25, 0.3) is 0 Å². The fraction of sp³-hybridized carbons (Fsp3) is 1.00. The van der Waals surface area contributed by atoms with E-state index in [-0.39, 0.29) is 0 Å². The van der Waals surface area contributed by atoms with Gasteiger partial charge in [-0.15, -0.1) is 0 Å². The van der Waals surface area contributed by atoms with Crippen molar-refractivity contribution in [2.24, 2.45) is 0 Å². The van der Waals surface area contributed by atoms with E-state index in [0.29, 0.717) is 0 Å². The fourth-order valence-electron chi connectivity index (χ4n) is 1.56. The van der Waals surface area contributed by atoms with Crippen molar-refractivity contribution in [3.8, 4) is 0 Å². The maximum absolute atomic E-state index is 13.2. The van der Waals surface area contributed by atoms with E-state index in [9.17, 15) is 57.1 Å². The molecule has 0 amide bonds. The van der Waals surface area contributed by atoms with Crippen molar-refractivity contribution in [2.75, 3.05) is 0 Å². The molecule has 4 atom stereocenters. The van der Waals surface area contributed by atoms with Crippen LogP contribution < -0.4 is 0 Å². The third-order valence-electron chi connectivity index (χ3n) is 2.97. The van der Waals surface area contributed by atoms with Gasteiger partial charge in [-0.3, -0.25) is 0 Å². The van der Waals surface area contributed by atoms with Crippen molar-refractivity contribution in [1.82, 2.24) is 0 Å². The van der Waals surface area contributed by atoms with Crippen LogP contribution in [0.2, 0.25) is 0 Å². The Labute approximate surface area is 128 Å². The average Bonchev–Trinajstić information content (AvgIpc) is 2.41. The molecule has 0 aromatic rings. The molecule has 152 valence electrons. The van der Waals surface area contributed by atoms with E-state index in [1.807, 2.05) is 0 Å². The lowest BCUT2D eigenvalue weighted by molar-refractivity contribution is -0.401. The van der Waals surface area contributed by atoms with Gasteiger partial charge in [0.05, 0.1) is 0 Å². The molecular weight excluding hydrogens is 403 g/mol. The molecule has 3 N–H and O–H groups in total. The van der Waals surface area contributed by atoms with Gasteiger partial charge in [-0.1, -0.05) is 0 Å². The Balaban J connectivity index is 6.55. The average molecular weight is 410 g/mol. The Bertz CT molecular complexity index is 459. The van der Waals surface area contributed by atoms with Crippen LogP contribution in [-0.4, -0.2) is 69.9 Å². The van der Waals surface area contributed by atoms with Crippen molar-refractivity contribution in [3.63, 3.8) is 0 Å². The van der Waals surface area contributed by atoms with E-state index < -0.39 is 54.6 Å². The van der Waals surface area contributed by atoms with Crippen molar-refractivity contribution in [3.05, 3.63) is 0 Å². The van der Waals surface area contributed by atoms with Crippen molar-refractivity contribution < 1.29 is 72.4 Å². The molecule has 0 aliphatic heterocycles. The SMILES string of the molecule is OC(C(F)C(F)(F)F)C(O)(C(O)C(F)(F)C(F)F)C(F)(F)C(F)(F)F. The first kappa shape index (κ1) is 24.0. The zero-order valence-electron chi connectivity index (χ0n) is 11.1. The number of aliphatic hydroxyl groups is 3. The Morgan fingerprint density at radius 3 is 1.28 bits per heavy atom. The second kappa shape index (κ2) is 6.61. The third kappa shape index (κ3) is 3.89. The van der Waals surface area contributed by atoms with Gasteiger partial charge in [0.15, 0.2) is 11.7 Å². The molecule has 0 aliphatic rings. The number of hydrogen-bond acceptors (Lipinski definition) is 3. The summed E-state index contributed by atoms with van der Waals surface area (Å²) in [5.74, 6) is -13.7. The predicted molar refractivity (Wildman–Crippen MR) is 49.9 cm³/mol. The fourth-order valence-corrected chi connectivity index (χ4v) is 1.56. The van der Waals surface area contributed by atoms with E-state index in [1.54, 1.807) is 0 Å². The van der Waals surface area contributed by atoms with Crippen molar-refractivity contribution in [2.45, 2.75) is 54.6 Å². The number of aliphatic hydroxyl groups excluding tert-OH is 2. The molecule has 0 bridgehead atoms. The molecule has 0 aromatic heterocycles. The van der Waals surface area contributed by atoms with Crippen molar-refractivity contribution in [1.29, 1.82) is 0 Å². The highest BCUT2D eigenvalue weighted by Gasteiger charge is 2.80. The second-order valence-corrected chi connectivity index (χ2v) is 4.66. The van der Waals surface area contributed by atoms with E-state index in [4.69, 9.17) is 15.3 Å². The van der Waals surface area contributed by atoms with Crippen molar-refractivity contribution >= 4 is 0 Å². The molecule has 0 fully saturated rings. The first-order chi connectivity index (χ1) is 10.7. The van der Waals surface area contributed by atoms with Gasteiger partial charge in [0, 0.05) is 0 Å². The molecule has 0 spiro atoms. The molecule has 0 heterocycles. The normalized spacial score (nSPS) is 21.0. The second-order valence-electron chi connectivity index (χ2n) is 4.66. The molecule has 25 heavy (non-hydrogen) atoms. The molecule has 0 radical (unpaired) electrons. The monoisotopic (exact) mass is 410 g/mol. The van der Waals surface area contributed by atoms with Crippen LogP contribution in [0, 0.1) is 0 Å². The Kier molecular flexibility index (Phi) is 6.33. The van der Waals surface area contributed by atoms with Crippen LogP contribution in [0.3, 0.4) is 0 Å². The van der Waals surface area contributed by atoms with Crippen LogP contribution in [0.4, 0.5) is 57.1 Å². The highest BCUT2D eigenvalue weighted by molar-refractivity contribution is 5.13. The van der Waals surface area contributed by atoms with Crippen LogP contribution in [0.1, 0.15) is 0 Å². The molecular formula is C9H7F13O3. The number of halogens is 13. The minimum absolute atomic E-state index is 5.12. The summed E-state index contributed by atoms with van der Waals surface area (Å²) in [5.41, 5.74) is -6.43. The highest BCUT2D eigenvalue weighted by atomic mass is 19.4. The molecule has 16 heteroatoms. The number of alkyl halides is 13. The minimum Gasteiger partial charge on any atom is -0.386 e. The Morgan fingerprint density at radius 2 is 1.04 bits per heavy atom. The molecule has 0 rings (SSSR count). The standard InChI is InChI=1S/C9H7F13O3/c10-1(7(15,16)17)2(23)5(25,8(18,19)9(20,21)22)3(24)6(13,14)4(11)12/h1-4,23-25H. The summed E-state index contributed by atoms with van der Waals surface area (Å²) in [6.07, 6.45) is -34.7. The predicted octanol–water partition coefficient (Wildman–Crippen LogP) is 2.44. The lowest BCUT2D eigenvalue weighted by Crippen LogP contribution is -2.75. The zero-order chi connectivity index (χ0) is 20.8. The maximum atomic E-state index is 13.2. The van der Waals surface area contributed by atoms with Gasteiger partial charge in [0.1, 0.15) is 6.10 Å². The lowest BCUT2D eigenvalue weighted by atomic mass is 9.78. The number of rotatable bonds is 6. The van der Waals surface area contributed by atoms with E-state index in [2.05, 4.69) is 0 Å². The first-order valence-electron chi connectivity index (χ1n) is 5.56. The van der Waals surface area contributed by atoms with E-state index >= 15 is 0 Å². The Morgan fingerprint density at radius 1 is 0.680 bits per heavy atom. The molecule has 4 unspecified atom stereocenters. The van der Waals surface area contributed by atoms with Gasteiger partial charge < -0.3 is 15.3 Å². The smallest absolute Gasteiger partial charge is 0.386 e. The minimum atomic E-state index is -7.27. The summed E-state index contributed by atoms with van der Waals surface area (Å²) >= 11 is 0. The van der Waals surface area contributed by atoms with E-state index in [0.717, 1.165) is 0 Å². The maximum Gasteiger partial charge on any atom is 0.456 e. The summed E-state index contributed by atoms with van der Waals surface area (Å²) in [5, 5.41) is 26.4. The van der Waals surface area contributed by atoms with Gasteiger partial charge in [-0.2, -0.15) is 43.9 Å². The van der Waals surface area contributed by atoms with Gasteiger partial charge in [0.2, 0.25) is 6.17 Å². The quantitative estimate of drug-likeness (QED) is 0.590. The van der Waals surface area contributed by atoms with Gasteiger partial charge in [-0.25, -0.2) is 13.2 Å². The summed E-state index contributed by atoms with van der Waals surface area (Å²) in [6.45, 7) is 0. The molecule has 3 nitrogen and oxygen atoms in total. The van der Waals surface area contributed by atoms with Crippen LogP contribution in [0.15, 0.2) is 0 Å². The summed E-state index contributed by atoms with van der Waals surface area (Å²) < 4.78 is 162. The molecule has 0 aliphatic carbocycles. The van der Waals surface area contributed by atoms with Gasteiger partial charge >= 0.3 is 30.6 Å². The summed E-state index contributed by atoms with van der Waals surface area (Å²) in [4.78, 5) is 0. The molecule has 0 aromatic carbocycles. The molecule has 0 saturated carbocycles. The lowest BCUT2D eigenvalue weighted by Gasteiger charge is -2.45. The van der Waals surface area contributed by atoms with Crippen LogP contribution in [0.25, 0.3) is 0 Å². The largest absolute Gasteiger partial charge is 0.456 e. The summed E-state index contributed by atoms with van der Waals surface area (Å²) in [7, 11) is 0.